The molecule has 184 valence electrons. The van der Waals surface area contributed by atoms with Crippen LogP contribution in [0.2, 0.25) is 0 Å². The number of hydrogen-bond acceptors (Lipinski definition) is 5. The minimum atomic E-state index is -0.340. The van der Waals surface area contributed by atoms with Crippen molar-refractivity contribution in [3.05, 3.63) is 70.4 Å². The Morgan fingerprint density at radius 2 is 1.91 bits per heavy atom. The van der Waals surface area contributed by atoms with Crippen molar-refractivity contribution >= 4 is 45.9 Å². The Morgan fingerprint density at radius 1 is 1.17 bits per heavy atom. The number of hydrogen-bond donors (Lipinski definition) is 0. The van der Waals surface area contributed by atoms with Gasteiger partial charge in [-0.3, -0.25) is 9.69 Å². The lowest BCUT2D eigenvalue weighted by Crippen LogP contribution is -2.45. The van der Waals surface area contributed by atoms with Crippen LogP contribution in [-0.4, -0.2) is 48.3 Å². The minimum absolute atomic E-state index is 0.193. The van der Waals surface area contributed by atoms with Gasteiger partial charge >= 0.3 is 0 Å². The van der Waals surface area contributed by atoms with Gasteiger partial charge in [-0.1, -0.05) is 31.2 Å². The molecule has 1 fully saturated rings. The standard InChI is InChI=1S/C28H32FN3O2S/c1-6-12-32-24-17-23(29)20(15-22(24)19(2)18-28(32,3)4)16-25-26(33)31(13-14-34-5)27(35-25)30-21-10-8-7-9-11-21/h7-11,15-18H,6,12-14H2,1-5H3/b25-16+,30-27?. The van der Waals surface area contributed by atoms with Crippen molar-refractivity contribution in [2.45, 2.75) is 39.7 Å². The predicted octanol–water partition coefficient (Wildman–Crippen LogP) is 6.49. The third-order valence-electron chi connectivity index (χ3n) is 6.22. The fraction of sp³-hybridized carbons (Fsp3) is 0.357. The van der Waals surface area contributed by atoms with Gasteiger partial charge in [0, 0.05) is 30.5 Å². The number of halogens is 1. The Balaban J connectivity index is 1.73. The number of nitrogens with zero attached hydrogens (tertiary/aromatic N) is 3. The van der Waals surface area contributed by atoms with E-state index >= 15 is 4.39 Å². The van der Waals surface area contributed by atoms with Crippen molar-refractivity contribution < 1.29 is 13.9 Å². The molecule has 0 radical (unpaired) electrons. The van der Waals surface area contributed by atoms with Crippen LogP contribution in [0, 0.1) is 5.82 Å². The number of carbonyl (C=O) groups is 1. The molecule has 35 heavy (non-hydrogen) atoms. The molecular formula is C28H32FN3O2S. The number of carbonyl (C=O) groups excluding carboxylic acids is 1. The van der Waals surface area contributed by atoms with Gasteiger partial charge in [-0.25, -0.2) is 9.38 Å². The second kappa shape index (κ2) is 10.4. The average molecular weight is 494 g/mol. The molecule has 5 nitrogen and oxygen atoms in total. The number of anilines is 1. The van der Waals surface area contributed by atoms with E-state index < -0.39 is 0 Å². The van der Waals surface area contributed by atoms with Crippen LogP contribution in [0.3, 0.4) is 0 Å². The van der Waals surface area contributed by atoms with Crippen molar-refractivity contribution in [2.24, 2.45) is 4.99 Å². The van der Waals surface area contributed by atoms with E-state index in [1.54, 1.807) is 24.2 Å². The lowest BCUT2D eigenvalue weighted by atomic mass is 9.87. The zero-order valence-corrected chi connectivity index (χ0v) is 21.8. The molecule has 0 atom stereocenters. The molecule has 2 heterocycles. The number of amidine groups is 1. The Labute approximate surface area is 211 Å². The number of thioether (sulfide) groups is 1. The first-order valence-electron chi connectivity index (χ1n) is 11.9. The molecule has 2 aliphatic rings. The largest absolute Gasteiger partial charge is 0.383 e. The first kappa shape index (κ1) is 25.2. The van der Waals surface area contributed by atoms with E-state index in [1.807, 2.05) is 36.4 Å². The quantitative estimate of drug-likeness (QED) is 0.414. The van der Waals surface area contributed by atoms with Gasteiger partial charge in [-0.2, -0.15) is 0 Å². The number of aliphatic imine (C=N–C) groups is 1. The second-order valence-electron chi connectivity index (χ2n) is 9.31. The number of allylic oxidation sites excluding steroid dienone is 1. The Morgan fingerprint density at radius 3 is 2.60 bits per heavy atom. The van der Waals surface area contributed by atoms with E-state index in [2.05, 4.69) is 43.7 Å². The van der Waals surface area contributed by atoms with Gasteiger partial charge in [0.1, 0.15) is 5.82 Å². The molecule has 0 saturated carbocycles. The highest BCUT2D eigenvalue weighted by molar-refractivity contribution is 8.18. The molecule has 0 bridgehead atoms. The summed E-state index contributed by atoms with van der Waals surface area (Å²) in [5, 5.41) is 0.565. The maximum atomic E-state index is 15.4. The molecule has 0 unspecified atom stereocenters. The average Bonchev–Trinajstić information content (AvgIpc) is 3.10. The van der Waals surface area contributed by atoms with Crippen molar-refractivity contribution in [1.82, 2.24) is 4.90 Å². The molecule has 1 amide bonds. The van der Waals surface area contributed by atoms with E-state index in [9.17, 15) is 4.79 Å². The normalized spacial score (nSPS) is 19.5. The Bertz CT molecular complexity index is 1200. The van der Waals surface area contributed by atoms with Crippen LogP contribution in [0.15, 0.2) is 58.4 Å². The van der Waals surface area contributed by atoms with E-state index in [0.29, 0.717) is 28.8 Å². The van der Waals surface area contributed by atoms with Crippen molar-refractivity contribution in [3.63, 3.8) is 0 Å². The third kappa shape index (κ3) is 5.21. The predicted molar refractivity (Wildman–Crippen MR) is 144 cm³/mol. The summed E-state index contributed by atoms with van der Waals surface area (Å²) in [6, 6.07) is 13.0. The van der Waals surface area contributed by atoms with E-state index in [1.165, 1.54) is 11.8 Å². The number of fused-ring (bicyclic) bond motifs is 1. The number of ether oxygens (including phenoxy) is 1. The summed E-state index contributed by atoms with van der Waals surface area (Å²) >= 11 is 1.26. The van der Waals surface area contributed by atoms with Crippen LogP contribution >= 0.6 is 11.8 Å². The highest BCUT2D eigenvalue weighted by Gasteiger charge is 2.34. The van der Waals surface area contributed by atoms with Gasteiger partial charge in [0.2, 0.25) is 0 Å². The SMILES string of the molecule is CCCN1c2cc(F)c(/C=C3/SC(=Nc4ccccc4)N(CCOC)C3=O)cc2C(C)=CC1(C)C. The summed E-state index contributed by atoms with van der Waals surface area (Å²) in [4.78, 5) is 22.2. The Kier molecular flexibility index (Phi) is 7.47. The zero-order chi connectivity index (χ0) is 25.2. The second-order valence-corrected chi connectivity index (χ2v) is 10.3. The molecule has 1 saturated heterocycles. The van der Waals surface area contributed by atoms with Gasteiger partial charge in [0.05, 0.1) is 29.3 Å². The summed E-state index contributed by atoms with van der Waals surface area (Å²) in [5.41, 5.74) is 3.96. The maximum Gasteiger partial charge on any atom is 0.266 e. The van der Waals surface area contributed by atoms with Gasteiger partial charge in [-0.05, 0) is 74.9 Å². The van der Waals surface area contributed by atoms with Crippen LogP contribution < -0.4 is 4.90 Å². The van der Waals surface area contributed by atoms with Gasteiger partial charge < -0.3 is 9.64 Å². The fourth-order valence-corrected chi connectivity index (χ4v) is 5.60. The van der Waals surface area contributed by atoms with Crippen molar-refractivity contribution in [3.8, 4) is 0 Å². The molecule has 0 aliphatic carbocycles. The van der Waals surface area contributed by atoms with Crippen LogP contribution in [0.4, 0.5) is 15.8 Å². The van der Waals surface area contributed by atoms with Gasteiger partial charge in [-0.15, -0.1) is 0 Å². The van der Waals surface area contributed by atoms with Crippen LogP contribution in [0.1, 0.15) is 45.2 Å². The van der Waals surface area contributed by atoms with Crippen molar-refractivity contribution in [2.75, 3.05) is 31.7 Å². The molecular weight excluding hydrogens is 461 g/mol. The molecule has 0 aromatic heterocycles. The Hall–Kier alpha value is -2.90. The summed E-state index contributed by atoms with van der Waals surface area (Å²) < 4.78 is 20.6. The van der Waals surface area contributed by atoms with Crippen LogP contribution in [0.25, 0.3) is 11.6 Å². The monoisotopic (exact) mass is 493 g/mol. The lowest BCUT2D eigenvalue weighted by molar-refractivity contribution is -0.122. The minimum Gasteiger partial charge on any atom is -0.383 e. The molecule has 4 rings (SSSR count). The fourth-order valence-electron chi connectivity index (χ4n) is 4.58. The maximum absolute atomic E-state index is 15.4. The first-order chi connectivity index (χ1) is 16.7. The molecule has 7 heteroatoms. The first-order valence-corrected chi connectivity index (χ1v) is 12.7. The molecule has 0 spiro atoms. The van der Waals surface area contributed by atoms with Gasteiger partial charge in [0.15, 0.2) is 5.17 Å². The number of amides is 1. The van der Waals surface area contributed by atoms with E-state index in [4.69, 9.17) is 4.74 Å². The highest BCUT2D eigenvalue weighted by atomic mass is 32.2. The van der Waals surface area contributed by atoms with Crippen LogP contribution in [0.5, 0.6) is 0 Å². The summed E-state index contributed by atoms with van der Waals surface area (Å²) in [6.45, 7) is 10.1. The number of rotatable bonds is 7. The molecule has 0 N–H and O–H groups in total. The third-order valence-corrected chi connectivity index (χ3v) is 7.22. The zero-order valence-electron chi connectivity index (χ0n) is 21.0. The van der Waals surface area contributed by atoms with E-state index in [-0.39, 0.29) is 17.3 Å². The highest BCUT2D eigenvalue weighted by Crippen LogP contribution is 2.41. The molecule has 2 aliphatic heterocycles. The number of methoxy groups -OCH3 is 1. The van der Waals surface area contributed by atoms with Gasteiger partial charge in [0.25, 0.3) is 5.91 Å². The van der Waals surface area contributed by atoms with E-state index in [0.717, 1.165) is 35.5 Å². The summed E-state index contributed by atoms with van der Waals surface area (Å²) in [6.07, 6.45) is 4.84. The lowest BCUT2D eigenvalue weighted by Gasteiger charge is -2.43. The molecule has 2 aromatic rings. The topological polar surface area (TPSA) is 45.1 Å². The summed E-state index contributed by atoms with van der Waals surface area (Å²) in [5.74, 6) is -0.534. The number of benzene rings is 2. The summed E-state index contributed by atoms with van der Waals surface area (Å²) in [7, 11) is 1.60. The van der Waals surface area contributed by atoms with Crippen molar-refractivity contribution in [1.29, 1.82) is 0 Å². The smallest absolute Gasteiger partial charge is 0.266 e. The number of para-hydroxylation sites is 1. The molecule has 2 aromatic carbocycles. The van der Waals surface area contributed by atoms with Crippen LogP contribution in [-0.2, 0) is 9.53 Å².